The predicted octanol–water partition coefficient (Wildman–Crippen LogP) is 4.33. The molecular formula is C18H14F4O4. The number of esters is 2. The van der Waals surface area contributed by atoms with Gasteiger partial charge >= 0.3 is 18.1 Å². The number of methoxy groups -OCH3 is 1. The normalized spacial score (nSPS) is 13.6. The van der Waals surface area contributed by atoms with Crippen LogP contribution in [0.25, 0.3) is 0 Å². The van der Waals surface area contributed by atoms with Gasteiger partial charge in [-0.05, 0) is 23.3 Å². The monoisotopic (exact) mass is 370 g/mol. The summed E-state index contributed by atoms with van der Waals surface area (Å²) in [7, 11) is 1.18. The summed E-state index contributed by atoms with van der Waals surface area (Å²) in [5.41, 5.74) is 0.156. The van der Waals surface area contributed by atoms with E-state index in [1.165, 1.54) is 55.6 Å². The van der Waals surface area contributed by atoms with Gasteiger partial charge in [0.25, 0.3) is 0 Å². The van der Waals surface area contributed by atoms with Crippen LogP contribution < -0.4 is 0 Å². The minimum Gasteiger partial charge on any atom is -0.465 e. The number of carbonyl (C=O) groups excluding carboxylic acids is 2. The fraction of sp³-hybridized carbons (Fsp3) is 0.222. The van der Waals surface area contributed by atoms with Gasteiger partial charge in [-0.2, -0.15) is 13.2 Å². The van der Waals surface area contributed by atoms with Crippen LogP contribution >= 0.6 is 0 Å². The molecule has 0 amide bonds. The Morgan fingerprint density at radius 1 is 0.923 bits per heavy atom. The maximum atomic E-state index is 14.9. The summed E-state index contributed by atoms with van der Waals surface area (Å²) in [6.07, 6.45) is -9.12. The first kappa shape index (κ1) is 19.4. The maximum absolute atomic E-state index is 14.9. The lowest BCUT2D eigenvalue weighted by atomic mass is 9.98. The van der Waals surface area contributed by atoms with Crippen LogP contribution in [0.3, 0.4) is 0 Å². The second-order valence-electron chi connectivity index (χ2n) is 5.25. The van der Waals surface area contributed by atoms with Crippen molar-refractivity contribution in [1.82, 2.24) is 0 Å². The molecule has 4 nitrogen and oxygen atoms in total. The number of hydrogen-bond acceptors (Lipinski definition) is 4. The van der Waals surface area contributed by atoms with Crippen LogP contribution in [0.5, 0.6) is 0 Å². The third-order valence-electron chi connectivity index (χ3n) is 3.51. The highest BCUT2D eigenvalue weighted by atomic mass is 19.4. The van der Waals surface area contributed by atoms with Gasteiger partial charge in [0, 0.05) is 0 Å². The highest BCUT2D eigenvalue weighted by Crippen LogP contribution is 2.37. The fourth-order valence-corrected chi connectivity index (χ4v) is 2.22. The van der Waals surface area contributed by atoms with Crippen molar-refractivity contribution in [3.05, 3.63) is 71.3 Å². The molecule has 0 bridgehead atoms. The van der Waals surface area contributed by atoms with Crippen molar-refractivity contribution in [2.45, 2.75) is 18.5 Å². The van der Waals surface area contributed by atoms with Gasteiger partial charge in [-0.15, -0.1) is 0 Å². The van der Waals surface area contributed by atoms with Gasteiger partial charge in [-0.1, -0.05) is 42.5 Å². The summed E-state index contributed by atoms with van der Waals surface area (Å²) >= 11 is 0. The lowest BCUT2D eigenvalue weighted by Gasteiger charge is -2.23. The summed E-state index contributed by atoms with van der Waals surface area (Å²) in [6.45, 7) is 0. The van der Waals surface area contributed by atoms with Gasteiger partial charge < -0.3 is 9.47 Å². The molecule has 0 aliphatic rings. The van der Waals surface area contributed by atoms with Crippen molar-refractivity contribution in [2.75, 3.05) is 7.11 Å². The number of hydrogen-bond donors (Lipinski definition) is 0. The Morgan fingerprint density at radius 2 is 1.50 bits per heavy atom. The van der Waals surface area contributed by atoms with Gasteiger partial charge in [-0.25, -0.2) is 14.0 Å². The van der Waals surface area contributed by atoms with Crippen molar-refractivity contribution >= 4 is 11.9 Å². The predicted molar refractivity (Wildman–Crippen MR) is 83.0 cm³/mol. The van der Waals surface area contributed by atoms with Gasteiger partial charge in [0.1, 0.15) is 0 Å². The Bertz CT molecular complexity index is 757. The van der Waals surface area contributed by atoms with E-state index < -0.39 is 30.4 Å². The number of alkyl halides is 4. The van der Waals surface area contributed by atoms with Gasteiger partial charge in [-0.3, -0.25) is 0 Å². The SMILES string of the molecule is COC(=O)c1ccc([C@@H](F)[C@H](OC(=O)C(F)(F)F)c2ccccc2)cc1. The minimum atomic E-state index is -5.25. The average molecular weight is 370 g/mol. The number of rotatable bonds is 5. The molecule has 0 aliphatic heterocycles. The van der Waals surface area contributed by atoms with Crippen molar-refractivity contribution < 1.29 is 36.6 Å². The smallest absolute Gasteiger partial charge is 0.465 e. The maximum Gasteiger partial charge on any atom is 0.490 e. The lowest BCUT2D eigenvalue weighted by Crippen LogP contribution is -2.28. The first-order valence-corrected chi connectivity index (χ1v) is 7.39. The Labute approximate surface area is 146 Å². The van der Waals surface area contributed by atoms with Crippen LogP contribution in [0, 0.1) is 0 Å². The van der Waals surface area contributed by atoms with Crippen LogP contribution in [-0.2, 0) is 14.3 Å². The summed E-state index contributed by atoms with van der Waals surface area (Å²) in [6, 6.07) is 12.2. The zero-order valence-corrected chi connectivity index (χ0v) is 13.5. The van der Waals surface area contributed by atoms with E-state index in [-0.39, 0.29) is 16.7 Å². The van der Waals surface area contributed by atoms with E-state index in [0.717, 1.165) is 0 Å². The quantitative estimate of drug-likeness (QED) is 0.581. The van der Waals surface area contributed by atoms with Crippen molar-refractivity contribution in [2.24, 2.45) is 0 Å². The molecule has 0 spiro atoms. The Balaban J connectivity index is 2.32. The highest BCUT2D eigenvalue weighted by Gasteiger charge is 2.44. The molecule has 138 valence electrons. The lowest BCUT2D eigenvalue weighted by molar-refractivity contribution is -0.208. The molecule has 2 atom stereocenters. The zero-order valence-electron chi connectivity index (χ0n) is 13.5. The zero-order chi connectivity index (χ0) is 19.3. The molecule has 0 heterocycles. The standard InChI is InChI=1S/C18H14F4O4/c1-25-16(23)13-9-7-11(8-10-13)14(19)15(12-5-3-2-4-6-12)26-17(24)18(20,21)22/h2-10,14-15H,1H3/t14-,15-/m1/s1. The summed E-state index contributed by atoms with van der Waals surface area (Å²) in [5.74, 6) is -3.13. The molecule has 0 saturated heterocycles. The third kappa shape index (κ3) is 4.59. The first-order valence-electron chi connectivity index (χ1n) is 7.39. The largest absolute Gasteiger partial charge is 0.490 e. The average Bonchev–Trinajstić information content (AvgIpc) is 2.64. The number of carbonyl (C=O) groups is 2. The summed E-state index contributed by atoms with van der Waals surface area (Å²) in [5, 5.41) is 0. The number of ether oxygens (including phenoxy) is 2. The van der Waals surface area contributed by atoms with E-state index >= 15 is 0 Å². The molecular weight excluding hydrogens is 356 g/mol. The van der Waals surface area contributed by atoms with Gasteiger partial charge in [0.2, 0.25) is 0 Å². The van der Waals surface area contributed by atoms with E-state index in [4.69, 9.17) is 0 Å². The first-order chi connectivity index (χ1) is 12.2. The molecule has 2 rings (SSSR count). The van der Waals surface area contributed by atoms with E-state index in [1.807, 2.05) is 0 Å². The minimum absolute atomic E-state index is 0.0542. The molecule has 26 heavy (non-hydrogen) atoms. The van der Waals surface area contributed by atoms with Crippen LogP contribution in [0.15, 0.2) is 54.6 Å². The Kier molecular flexibility index (Phi) is 5.97. The molecule has 0 aliphatic carbocycles. The second-order valence-corrected chi connectivity index (χ2v) is 5.25. The molecule has 2 aromatic rings. The van der Waals surface area contributed by atoms with E-state index in [0.29, 0.717) is 0 Å². The molecule has 0 aromatic heterocycles. The van der Waals surface area contributed by atoms with Crippen LogP contribution in [-0.4, -0.2) is 25.2 Å². The number of benzene rings is 2. The van der Waals surface area contributed by atoms with Crippen molar-refractivity contribution in [3.8, 4) is 0 Å². The van der Waals surface area contributed by atoms with Gasteiger partial charge in [0.15, 0.2) is 12.3 Å². The van der Waals surface area contributed by atoms with E-state index in [2.05, 4.69) is 9.47 Å². The molecule has 8 heteroatoms. The summed E-state index contributed by atoms with van der Waals surface area (Å²) in [4.78, 5) is 22.6. The van der Waals surface area contributed by atoms with Crippen LogP contribution in [0.4, 0.5) is 17.6 Å². The van der Waals surface area contributed by atoms with Gasteiger partial charge in [0.05, 0.1) is 12.7 Å². The number of halogens is 4. The Morgan fingerprint density at radius 3 is 2.00 bits per heavy atom. The molecule has 0 N–H and O–H groups in total. The molecule has 2 aromatic carbocycles. The van der Waals surface area contributed by atoms with Crippen LogP contribution in [0.2, 0.25) is 0 Å². The van der Waals surface area contributed by atoms with Crippen molar-refractivity contribution in [3.63, 3.8) is 0 Å². The summed E-state index contributed by atoms with van der Waals surface area (Å²) < 4.78 is 61.4. The third-order valence-corrected chi connectivity index (χ3v) is 3.51. The molecule has 0 saturated carbocycles. The molecule has 0 unspecified atom stereocenters. The van der Waals surface area contributed by atoms with E-state index in [9.17, 15) is 27.2 Å². The Hall–Kier alpha value is -2.90. The second kappa shape index (κ2) is 7.99. The van der Waals surface area contributed by atoms with Crippen LogP contribution in [0.1, 0.15) is 33.8 Å². The highest BCUT2D eigenvalue weighted by molar-refractivity contribution is 5.89. The molecule has 0 fully saturated rings. The van der Waals surface area contributed by atoms with Crippen molar-refractivity contribution in [1.29, 1.82) is 0 Å². The molecule has 0 radical (unpaired) electrons. The fourth-order valence-electron chi connectivity index (χ4n) is 2.22. The van der Waals surface area contributed by atoms with E-state index in [1.54, 1.807) is 6.07 Å². The topological polar surface area (TPSA) is 52.6 Å².